The third-order valence-corrected chi connectivity index (χ3v) is 4.33. The van der Waals surface area contributed by atoms with E-state index in [0.29, 0.717) is 29.5 Å². The molecular formula is C18H15FN4O2. The topological polar surface area (TPSA) is 72.1 Å². The van der Waals surface area contributed by atoms with Crippen molar-refractivity contribution in [1.82, 2.24) is 15.1 Å². The van der Waals surface area contributed by atoms with Crippen molar-refractivity contribution in [3.63, 3.8) is 0 Å². The summed E-state index contributed by atoms with van der Waals surface area (Å²) in [5.74, 6) is 0.285. The molecule has 3 aromatic rings. The van der Waals surface area contributed by atoms with Crippen molar-refractivity contribution in [3.8, 4) is 11.5 Å². The molecule has 126 valence electrons. The summed E-state index contributed by atoms with van der Waals surface area (Å²) in [7, 11) is 0. The number of benzene rings is 1. The third kappa shape index (κ3) is 2.88. The molecule has 0 saturated carbocycles. The van der Waals surface area contributed by atoms with Gasteiger partial charge in [-0.1, -0.05) is 11.2 Å². The van der Waals surface area contributed by atoms with Gasteiger partial charge in [0, 0.05) is 42.5 Å². The van der Waals surface area contributed by atoms with E-state index >= 15 is 0 Å². The first-order valence-electron chi connectivity index (χ1n) is 7.92. The Bertz CT molecular complexity index is 926. The van der Waals surface area contributed by atoms with Crippen molar-refractivity contribution in [2.45, 2.75) is 19.3 Å². The van der Waals surface area contributed by atoms with Gasteiger partial charge in [-0.15, -0.1) is 0 Å². The van der Waals surface area contributed by atoms with Crippen LogP contribution in [-0.4, -0.2) is 27.6 Å². The van der Waals surface area contributed by atoms with Gasteiger partial charge in [0.05, 0.1) is 0 Å². The van der Waals surface area contributed by atoms with E-state index in [9.17, 15) is 9.18 Å². The van der Waals surface area contributed by atoms with E-state index in [1.54, 1.807) is 48.5 Å². The number of halogens is 1. The van der Waals surface area contributed by atoms with Crippen LogP contribution in [0.2, 0.25) is 0 Å². The van der Waals surface area contributed by atoms with Gasteiger partial charge in [-0.3, -0.25) is 9.78 Å². The minimum Gasteiger partial charge on any atom is -0.334 e. The van der Waals surface area contributed by atoms with Gasteiger partial charge in [0.15, 0.2) is 5.82 Å². The maximum atomic E-state index is 13.8. The molecule has 0 aliphatic carbocycles. The first-order chi connectivity index (χ1) is 12.1. The summed E-state index contributed by atoms with van der Waals surface area (Å²) < 4.78 is 19.1. The molecule has 0 spiro atoms. The summed E-state index contributed by atoms with van der Waals surface area (Å²) in [6.07, 6.45) is 3.56. The first-order valence-corrected chi connectivity index (χ1v) is 7.92. The Hall–Kier alpha value is -3.09. The molecule has 0 N–H and O–H groups in total. The van der Waals surface area contributed by atoms with E-state index in [2.05, 4.69) is 15.1 Å². The van der Waals surface area contributed by atoms with Gasteiger partial charge in [0.25, 0.3) is 5.89 Å². The van der Waals surface area contributed by atoms with Crippen LogP contribution in [0.25, 0.3) is 11.5 Å². The van der Waals surface area contributed by atoms with E-state index in [4.69, 9.17) is 4.52 Å². The Kier molecular flexibility index (Phi) is 3.76. The number of carbonyl (C=O) groups excluding carboxylic acids is 1. The number of aryl methyl sites for hydroxylation is 1. The lowest BCUT2D eigenvalue weighted by molar-refractivity contribution is -0.117. The molecule has 4 rings (SSSR count). The lowest BCUT2D eigenvalue weighted by atomic mass is 10.1. The number of hydrogen-bond acceptors (Lipinski definition) is 5. The highest BCUT2D eigenvalue weighted by Crippen LogP contribution is 2.32. The van der Waals surface area contributed by atoms with Crippen LogP contribution in [0.15, 0.2) is 47.2 Å². The standard InChI is InChI=1S/C18H15FN4O2/c1-11-2-3-14(9-15(11)19)23-10-13(8-16(23)24)17-21-18(25-22-17)12-4-6-20-7-5-12/h2-7,9,13H,8,10H2,1H3. The Morgan fingerprint density at radius 3 is 2.80 bits per heavy atom. The average molecular weight is 338 g/mol. The molecule has 0 radical (unpaired) electrons. The number of hydrogen-bond donors (Lipinski definition) is 0. The molecule has 1 aliphatic rings. The third-order valence-electron chi connectivity index (χ3n) is 4.33. The molecule has 1 aliphatic heterocycles. The molecule has 1 saturated heterocycles. The van der Waals surface area contributed by atoms with Crippen molar-refractivity contribution >= 4 is 11.6 Å². The molecule has 1 aromatic carbocycles. The summed E-state index contributed by atoms with van der Waals surface area (Å²) in [5.41, 5.74) is 1.87. The zero-order valence-corrected chi connectivity index (χ0v) is 13.5. The van der Waals surface area contributed by atoms with Gasteiger partial charge >= 0.3 is 0 Å². The normalized spacial score (nSPS) is 17.3. The average Bonchev–Trinajstić information content (AvgIpc) is 3.25. The molecule has 25 heavy (non-hydrogen) atoms. The fraction of sp³-hybridized carbons (Fsp3) is 0.222. The van der Waals surface area contributed by atoms with Crippen molar-refractivity contribution in [2.75, 3.05) is 11.4 Å². The second kappa shape index (κ2) is 6.08. The minimum absolute atomic E-state index is 0.0801. The number of nitrogens with zero attached hydrogens (tertiary/aromatic N) is 4. The van der Waals surface area contributed by atoms with Crippen LogP contribution in [-0.2, 0) is 4.79 Å². The molecule has 6 nitrogen and oxygen atoms in total. The molecule has 2 aromatic heterocycles. The second-order valence-electron chi connectivity index (χ2n) is 6.03. The number of aromatic nitrogens is 3. The number of amides is 1. The van der Waals surface area contributed by atoms with E-state index in [0.717, 1.165) is 5.56 Å². The highest BCUT2D eigenvalue weighted by molar-refractivity contribution is 5.96. The lowest BCUT2D eigenvalue weighted by Crippen LogP contribution is -2.24. The smallest absolute Gasteiger partial charge is 0.258 e. The van der Waals surface area contributed by atoms with Crippen LogP contribution in [0.4, 0.5) is 10.1 Å². The number of anilines is 1. The quantitative estimate of drug-likeness (QED) is 0.734. The predicted octanol–water partition coefficient (Wildman–Crippen LogP) is 3.10. The largest absolute Gasteiger partial charge is 0.334 e. The second-order valence-corrected chi connectivity index (χ2v) is 6.03. The van der Waals surface area contributed by atoms with Crippen LogP contribution in [0, 0.1) is 12.7 Å². The van der Waals surface area contributed by atoms with E-state index < -0.39 is 0 Å². The summed E-state index contributed by atoms with van der Waals surface area (Å²) in [5, 5.41) is 4.01. The minimum atomic E-state index is -0.326. The van der Waals surface area contributed by atoms with E-state index in [1.165, 1.54) is 6.07 Å². The van der Waals surface area contributed by atoms with E-state index in [1.807, 2.05) is 0 Å². The van der Waals surface area contributed by atoms with E-state index in [-0.39, 0.29) is 24.1 Å². The van der Waals surface area contributed by atoms with Crippen LogP contribution >= 0.6 is 0 Å². The Morgan fingerprint density at radius 2 is 2.04 bits per heavy atom. The fourth-order valence-electron chi connectivity index (χ4n) is 2.89. The molecule has 0 bridgehead atoms. The Morgan fingerprint density at radius 1 is 1.24 bits per heavy atom. The van der Waals surface area contributed by atoms with Crippen molar-refractivity contribution in [2.24, 2.45) is 0 Å². The van der Waals surface area contributed by atoms with Crippen LogP contribution in [0.1, 0.15) is 23.7 Å². The number of pyridine rings is 1. The SMILES string of the molecule is Cc1ccc(N2CC(c3noc(-c4ccncc4)n3)CC2=O)cc1F. The zero-order chi connectivity index (χ0) is 17.4. The number of rotatable bonds is 3. The maximum absolute atomic E-state index is 13.8. The van der Waals surface area contributed by atoms with Crippen LogP contribution < -0.4 is 4.90 Å². The fourth-order valence-corrected chi connectivity index (χ4v) is 2.89. The molecule has 1 amide bonds. The van der Waals surface area contributed by atoms with Gasteiger partial charge < -0.3 is 9.42 Å². The summed E-state index contributed by atoms with van der Waals surface area (Å²) in [6.45, 7) is 2.09. The van der Waals surface area contributed by atoms with Crippen LogP contribution in [0.3, 0.4) is 0 Å². The highest BCUT2D eigenvalue weighted by Gasteiger charge is 2.34. The highest BCUT2D eigenvalue weighted by atomic mass is 19.1. The predicted molar refractivity (Wildman–Crippen MR) is 88.4 cm³/mol. The lowest BCUT2D eigenvalue weighted by Gasteiger charge is -2.16. The summed E-state index contributed by atoms with van der Waals surface area (Å²) in [6, 6.07) is 8.35. The monoisotopic (exact) mass is 338 g/mol. The molecule has 7 heteroatoms. The molecule has 1 fully saturated rings. The van der Waals surface area contributed by atoms with Gasteiger partial charge in [-0.25, -0.2) is 4.39 Å². The van der Waals surface area contributed by atoms with Crippen LogP contribution in [0.5, 0.6) is 0 Å². The van der Waals surface area contributed by atoms with Gasteiger partial charge in [-0.05, 0) is 36.8 Å². The van der Waals surface area contributed by atoms with Gasteiger partial charge in [0.2, 0.25) is 5.91 Å². The van der Waals surface area contributed by atoms with Gasteiger partial charge in [0.1, 0.15) is 5.82 Å². The van der Waals surface area contributed by atoms with Gasteiger partial charge in [-0.2, -0.15) is 4.98 Å². The molecule has 1 atom stereocenters. The Balaban J connectivity index is 1.56. The maximum Gasteiger partial charge on any atom is 0.258 e. The molecule has 3 heterocycles. The summed E-state index contributed by atoms with van der Waals surface area (Å²) in [4.78, 5) is 22.3. The molecular weight excluding hydrogens is 323 g/mol. The zero-order valence-electron chi connectivity index (χ0n) is 13.5. The molecule has 1 unspecified atom stereocenters. The number of carbonyl (C=O) groups is 1. The van der Waals surface area contributed by atoms with Crippen molar-refractivity contribution in [1.29, 1.82) is 0 Å². The van der Waals surface area contributed by atoms with Crippen molar-refractivity contribution in [3.05, 3.63) is 59.9 Å². The summed E-state index contributed by atoms with van der Waals surface area (Å²) >= 11 is 0. The first kappa shape index (κ1) is 15.4. The van der Waals surface area contributed by atoms with Crippen molar-refractivity contribution < 1.29 is 13.7 Å². The Labute approximate surface area is 143 Å².